The Bertz CT molecular complexity index is 982. The fourth-order valence-corrected chi connectivity index (χ4v) is 8.68. The van der Waals surface area contributed by atoms with Gasteiger partial charge in [0.1, 0.15) is 6.04 Å². The summed E-state index contributed by atoms with van der Waals surface area (Å²) in [5.74, 6) is -1.54. The molecule has 3 aliphatic rings. The molecule has 7 nitrogen and oxygen atoms in total. The van der Waals surface area contributed by atoms with Gasteiger partial charge in [-0.3, -0.25) is 14.4 Å². The van der Waals surface area contributed by atoms with Gasteiger partial charge in [-0.2, -0.15) is 0 Å². The van der Waals surface area contributed by atoms with Crippen molar-refractivity contribution < 1.29 is 19.5 Å². The van der Waals surface area contributed by atoms with E-state index in [4.69, 9.17) is 0 Å². The van der Waals surface area contributed by atoms with E-state index in [9.17, 15) is 19.5 Å². The van der Waals surface area contributed by atoms with Gasteiger partial charge >= 0.3 is 0 Å². The highest BCUT2D eigenvalue weighted by molar-refractivity contribution is 8.02. The number of amides is 3. The molecule has 1 aromatic carbocycles. The molecular formula is C25H35N3O4S. The smallest absolute Gasteiger partial charge is 0.248 e. The molecule has 3 unspecified atom stereocenters. The molecule has 7 atom stereocenters. The Morgan fingerprint density at radius 1 is 1.27 bits per heavy atom. The molecule has 1 spiro atoms. The first-order valence-electron chi connectivity index (χ1n) is 11.8. The standard InChI is InChI=1S/C25H35N3O4S/c1-12(2)17(11-29)28-21(23(31)27-16-9-13(3)7-8-14(16)4)25-15(5)10-18(33-25)19(22(30)26-6)20(25)24(28)32/h7-9,12,15,17-21,29H,10-11H2,1-6H3,(H,26,30)(H,27,31)/t15?,17-,18-,19+,20-,21?,25?/m0/s1. The third kappa shape index (κ3) is 3.48. The minimum atomic E-state index is -0.755. The van der Waals surface area contributed by atoms with Gasteiger partial charge in [-0.25, -0.2) is 0 Å². The van der Waals surface area contributed by atoms with E-state index in [0.717, 1.165) is 23.2 Å². The lowest BCUT2D eigenvalue weighted by atomic mass is 9.66. The molecule has 180 valence electrons. The zero-order chi connectivity index (χ0) is 24.2. The molecule has 4 rings (SSSR count). The topological polar surface area (TPSA) is 98.7 Å². The van der Waals surface area contributed by atoms with Crippen molar-refractivity contribution in [1.82, 2.24) is 10.2 Å². The van der Waals surface area contributed by atoms with Crippen molar-refractivity contribution in [1.29, 1.82) is 0 Å². The number of thioether (sulfide) groups is 1. The molecule has 1 aromatic rings. The zero-order valence-corrected chi connectivity index (χ0v) is 21.0. The summed E-state index contributed by atoms with van der Waals surface area (Å²) in [6, 6.07) is 4.65. The van der Waals surface area contributed by atoms with Gasteiger partial charge in [0, 0.05) is 18.0 Å². The first kappa shape index (κ1) is 24.1. The molecular weight excluding hydrogens is 438 g/mol. The van der Waals surface area contributed by atoms with Crippen molar-refractivity contribution in [3.63, 3.8) is 0 Å². The summed E-state index contributed by atoms with van der Waals surface area (Å²) in [5.41, 5.74) is 2.71. The van der Waals surface area contributed by atoms with E-state index < -0.39 is 28.7 Å². The second kappa shape index (κ2) is 8.62. The van der Waals surface area contributed by atoms with Crippen LogP contribution in [0.15, 0.2) is 18.2 Å². The Morgan fingerprint density at radius 2 is 1.97 bits per heavy atom. The van der Waals surface area contributed by atoms with Gasteiger partial charge in [-0.05, 0) is 49.3 Å². The van der Waals surface area contributed by atoms with Crippen LogP contribution in [0.4, 0.5) is 5.69 Å². The molecule has 0 aromatic heterocycles. The SMILES string of the molecule is CNC(=O)[C@@H]1[C@@H]2CC(C)C3(S2)C(C(=O)Nc2cc(C)ccc2C)N([C@@H](CO)C(C)C)C(=O)[C@H]13. The molecule has 3 N–H and O–H groups in total. The first-order chi connectivity index (χ1) is 15.6. The number of likely N-dealkylation sites (tertiary alicyclic amines) is 1. The summed E-state index contributed by atoms with van der Waals surface area (Å²) >= 11 is 1.65. The molecule has 3 amide bonds. The molecule has 0 radical (unpaired) electrons. The molecule has 3 aliphatic heterocycles. The molecule has 0 aliphatic carbocycles. The average molecular weight is 474 g/mol. The molecule has 33 heavy (non-hydrogen) atoms. The van der Waals surface area contributed by atoms with Crippen molar-refractivity contribution in [2.75, 3.05) is 19.0 Å². The lowest BCUT2D eigenvalue weighted by Gasteiger charge is -2.40. The molecule has 2 bridgehead atoms. The van der Waals surface area contributed by atoms with E-state index in [1.165, 1.54) is 0 Å². The van der Waals surface area contributed by atoms with Crippen LogP contribution in [0.5, 0.6) is 0 Å². The van der Waals surface area contributed by atoms with Gasteiger partial charge in [-0.1, -0.05) is 32.9 Å². The van der Waals surface area contributed by atoms with E-state index in [1.54, 1.807) is 23.7 Å². The molecule has 8 heteroatoms. The Kier molecular flexibility index (Phi) is 6.29. The number of anilines is 1. The fourth-order valence-electron chi connectivity index (χ4n) is 6.27. The molecule has 3 fully saturated rings. The normalized spacial score (nSPS) is 33.4. The van der Waals surface area contributed by atoms with Crippen molar-refractivity contribution in [2.45, 2.75) is 63.1 Å². The van der Waals surface area contributed by atoms with Gasteiger partial charge in [0.2, 0.25) is 17.7 Å². The monoisotopic (exact) mass is 473 g/mol. The van der Waals surface area contributed by atoms with Crippen molar-refractivity contribution in [3.8, 4) is 0 Å². The van der Waals surface area contributed by atoms with Crippen LogP contribution in [0.25, 0.3) is 0 Å². The van der Waals surface area contributed by atoms with Crippen LogP contribution < -0.4 is 10.6 Å². The number of aliphatic hydroxyl groups is 1. The summed E-state index contributed by atoms with van der Waals surface area (Å²) in [5, 5.41) is 16.1. The molecule has 3 saturated heterocycles. The van der Waals surface area contributed by atoms with E-state index in [1.807, 2.05) is 45.9 Å². The van der Waals surface area contributed by atoms with Crippen LogP contribution in [0.2, 0.25) is 0 Å². The quantitative estimate of drug-likeness (QED) is 0.589. The van der Waals surface area contributed by atoms with Crippen LogP contribution in [0, 0.1) is 37.5 Å². The third-order valence-corrected chi connectivity index (χ3v) is 10.0. The van der Waals surface area contributed by atoms with Crippen LogP contribution >= 0.6 is 11.8 Å². The number of benzene rings is 1. The number of carbonyl (C=O) groups excluding carboxylic acids is 3. The summed E-state index contributed by atoms with van der Waals surface area (Å²) in [7, 11) is 1.60. The number of aliphatic hydroxyl groups excluding tert-OH is 1. The highest BCUT2D eigenvalue weighted by Gasteiger charge is 2.76. The third-order valence-electron chi connectivity index (χ3n) is 7.95. The van der Waals surface area contributed by atoms with Crippen LogP contribution in [-0.2, 0) is 14.4 Å². The number of hydrogen-bond acceptors (Lipinski definition) is 5. The first-order valence-corrected chi connectivity index (χ1v) is 12.7. The van der Waals surface area contributed by atoms with E-state index in [-0.39, 0.29) is 41.4 Å². The second-order valence-electron chi connectivity index (χ2n) is 10.2. The van der Waals surface area contributed by atoms with Gasteiger partial charge in [-0.15, -0.1) is 11.8 Å². The average Bonchev–Trinajstić information content (AvgIpc) is 3.35. The highest BCUT2D eigenvalue weighted by atomic mass is 32.2. The summed E-state index contributed by atoms with van der Waals surface area (Å²) < 4.78 is -0.691. The summed E-state index contributed by atoms with van der Waals surface area (Å²) in [6.45, 7) is 9.68. The van der Waals surface area contributed by atoms with E-state index in [2.05, 4.69) is 17.6 Å². The Balaban J connectivity index is 1.82. The lowest BCUT2D eigenvalue weighted by molar-refractivity contribution is -0.142. The van der Waals surface area contributed by atoms with Gasteiger partial charge < -0.3 is 20.6 Å². The number of hydrogen-bond donors (Lipinski definition) is 3. The van der Waals surface area contributed by atoms with E-state index >= 15 is 0 Å². The summed E-state index contributed by atoms with van der Waals surface area (Å²) in [6.07, 6.45) is 0.791. The maximum Gasteiger partial charge on any atom is 0.248 e. The van der Waals surface area contributed by atoms with Gasteiger partial charge in [0.25, 0.3) is 0 Å². The molecule has 0 saturated carbocycles. The maximum absolute atomic E-state index is 14.0. The largest absolute Gasteiger partial charge is 0.394 e. The van der Waals surface area contributed by atoms with Crippen LogP contribution in [0.1, 0.15) is 38.3 Å². The lowest BCUT2D eigenvalue weighted by Crippen LogP contribution is -2.58. The maximum atomic E-state index is 14.0. The fraction of sp³-hybridized carbons (Fsp3) is 0.640. The Labute approximate surface area is 200 Å². The minimum absolute atomic E-state index is 0.0127. The number of carbonyl (C=O) groups is 3. The number of nitrogens with zero attached hydrogens (tertiary/aromatic N) is 1. The van der Waals surface area contributed by atoms with Gasteiger partial charge in [0.15, 0.2) is 0 Å². The van der Waals surface area contributed by atoms with Crippen molar-refractivity contribution in [2.24, 2.45) is 23.7 Å². The predicted molar refractivity (Wildman–Crippen MR) is 130 cm³/mol. The number of fused-ring (bicyclic) bond motifs is 1. The van der Waals surface area contributed by atoms with Crippen molar-refractivity contribution >= 4 is 35.2 Å². The van der Waals surface area contributed by atoms with Crippen LogP contribution in [-0.4, -0.2) is 63.5 Å². The number of rotatable bonds is 6. The Hall–Kier alpha value is -2.06. The minimum Gasteiger partial charge on any atom is -0.394 e. The number of aryl methyl sites for hydroxylation is 2. The highest BCUT2D eigenvalue weighted by Crippen LogP contribution is 2.68. The zero-order valence-electron chi connectivity index (χ0n) is 20.2. The second-order valence-corrected chi connectivity index (χ2v) is 11.8. The van der Waals surface area contributed by atoms with Gasteiger partial charge in [0.05, 0.1) is 29.2 Å². The van der Waals surface area contributed by atoms with Crippen molar-refractivity contribution in [3.05, 3.63) is 29.3 Å². The van der Waals surface area contributed by atoms with Crippen LogP contribution in [0.3, 0.4) is 0 Å². The Morgan fingerprint density at radius 3 is 2.58 bits per heavy atom. The molecule has 3 heterocycles. The summed E-state index contributed by atoms with van der Waals surface area (Å²) in [4.78, 5) is 42.5. The number of nitrogens with one attached hydrogen (secondary N) is 2. The predicted octanol–water partition coefficient (Wildman–Crippen LogP) is 2.34. The van der Waals surface area contributed by atoms with E-state index in [0.29, 0.717) is 0 Å².